The molecule has 0 bridgehead atoms. The lowest BCUT2D eigenvalue weighted by molar-refractivity contribution is -0.132. The van der Waals surface area contributed by atoms with E-state index in [1.807, 2.05) is 62.4 Å². The van der Waals surface area contributed by atoms with E-state index in [1.165, 1.54) is 5.56 Å². The van der Waals surface area contributed by atoms with Crippen molar-refractivity contribution in [3.8, 4) is 0 Å². The third-order valence-corrected chi connectivity index (χ3v) is 5.36. The Kier molecular flexibility index (Phi) is 4.44. The zero-order chi connectivity index (χ0) is 19.0. The molecule has 5 heteroatoms. The maximum absolute atomic E-state index is 12.8. The number of fused-ring (bicyclic) bond motifs is 1. The Labute approximate surface area is 158 Å². The van der Waals surface area contributed by atoms with Crippen LogP contribution in [-0.2, 0) is 16.1 Å². The molecule has 0 unspecified atom stereocenters. The number of hydrogen-bond acceptors (Lipinski definition) is 2. The summed E-state index contributed by atoms with van der Waals surface area (Å²) in [7, 11) is 0. The Morgan fingerprint density at radius 2 is 1.96 bits per heavy atom. The predicted molar refractivity (Wildman–Crippen MR) is 107 cm³/mol. The summed E-state index contributed by atoms with van der Waals surface area (Å²) in [5.74, 6) is -0.937. The monoisotopic (exact) mass is 361 g/mol. The Morgan fingerprint density at radius 1 is 1.15 bits per heavy atom. The summed E-state index contributed by atoms with van der Waals surface area (Å²) in [5.41, 5.74) is 5.18. The van der Waals surface area contributed by atoms with E-state index in [9.17, 15) is 9.59 Å². The first kappa shape index (κ1) is 17.3. The topological polar surface area (TPSA) is 65.2 Å². The van der Waals surface area contributed by atoms with Crippen molar-refractivity contribution in [3.05, 3.63) is 65.4 Å². The molecule has 1 aromatic heterocycles. The molecule has 1 atom stereocenters. The van der Waals surface area contributed by atoms with Crippen LogP contribution in [0.3, 0.4) is 0 Å². The molecule has 2 amide bonds. The largest absolute Gasteiger partial charge is 0.357 e. The average Bonchev–Trinajstić information content (AvgIpc) is 3.25. The molecule has 0 radical (unpaired) electrons. The van der Waals surface area contributed by atoms with Gasteiger partial charge in [-0.25, -0.2) is 0 Å². The van der Waals surface area contributed by atoms with Crippen LogP contribution in [0.1, 0.15) is 23.2 Å². The highest BCUT2D eigenvalue weighted by Gasteiger charge is 2.37. The van der Waals surface area contributed by atoms with Gasteiger partial charge in [-0.05, 0) is 61.0 Å². The second kappa shape index (κ2) is 6.91. The van der Waals surface area contributed by atoms with Crippen molar-refractivity contribution in [2.24, 2.45) is 5.92 Å². The van der Waals surface area contributed by atoms with E-state index in [2.05, 4.69) is 10.3 Å². The molecule has 5 nitrogen and oxygen atoms in total. The third kappa shape index (κ3) is 3.33. The van der Waals surface area contributed by atoms with Gasteiger partial charge in [0.15, 0.2) is 0 Å². The van der Waals surface area contributed by atoms with Crippen molar-refractivity contribution < 1.29 is 9.59 Å². The lowest BCUT2D eigenvalue weighted by atomic mass is 10.1. The van der Waals surface area contributed by atoms with E-state index < -0.39 is 5.92 Å². The van der Waals surface area contributed by atoms with Gasteiger partial charge in [-0.15, -0.1) is 0 Å². The fourth-order valence-electron chi connectivity index (χ4n) is 3.61. The molecule has 0 spiro atoms. The molecule has 0 saturated carbocycles. The number of benzene rings is 2. The van der Waals surface area contributed by atoms with Crippen LogP contribution in [0.25, 0.3) is 10.9 Å². The summed E-state index contributed by atoms with van der Waals surface area (Å²) in [5, 5.41) is 4.02. The summed E-state index contributed by atoms with van der Waals surface area (Å²) in [6.07, 6.45) is 0.546. The Hall–Kier alpha value is -3.08. The zero-order valence-electron chi connectivity index (χ0n) is 15.6. The van der Waals surface area contributed by atoms with E-state index in [1.54, 1.807) is 4.90 Å². The van der Waals surface area contributed by atoms with Crippen molar-refractivity contribution in [3.63, 3.8) is 0 Å². The van der Waals surface area contributed by atoms with E-state index in [0.717, 1.165) is 27.8 Å². The predicted octanol–water partition coefficient (Wildman–Crippen LogP) is 3.45. The summed E-state index contributed by atoms with van der Waals surface area (Å²) in [6.45, 7) is 5.04. The van der Waals surface area contributed by atoms with Crippen LogP contribution in [0.5, 0.6) is 0 Å². The van der Waals surface area contributed by atoms with Crippen LogP contribution in [0, 0.1) is 19.8 Å². The molecule has 3 aromatic rings. The molecule has 1 saturated heterocycles. The first-order chi connectivity index (χ1) is 13.0. The highest BCUT2D eigenvalue weighted by Crippen LogP contribution is 2.27. The highest BCUT2D eigenvalue weighted by molar-refractivity contribution is 6.09. The number of nitrogens with one attached hydrogen (secondary N) is 2. The summed E-state index contributed by atoms with van der Waals surface area (Å²) in [4.78, 5) is 30.3. The first-order valence-corrected chi connectivity index (χ1v) is 9.26. The second-order valence-corrected chi connectivity index (χ2v) is 7.20. The van der Waals surface area contributed by atoms with Crippen LogP contribution < -0.4 is 10.2 Å². The number of carbonyl (C=O) groups is 2. The lowest BCUT2D eigenvalue weighted by Gasteiger charge is -2.18. The Morgan fingerprint density at radius 3 is 2.74 bits per heavy atom. The smallest absolute Gasteiger partial charge is 0.239 e. The van der Waals surface area contributed by atoms with E-state index in [4.69, 9.17) is 0 Å². The van der Waals surface area contributed by atoms with E-state index in [-0.39, 0.29) is 11.8 Å². The summed E-state index contributed by atoms with van der Waals surface area (Å²) in [6, 6.07) is 16.0. The minimum Gasteiger partial charge on any atom is -0.357 e. The quantitative estimate of drug-likeness (QED) is 0.699. The SMILES string of the molecule is Cc1ccc(N2CC[C@@H](C(=O)NCc3cc4ccccc4[nH]3)C2=O)cc1C. The molecule has 0 aliphatic carbocycles. The normalized spacial score (nSPS) is 16.9. The molecular formula is C22H23N3O2. The molecular weight excluding hydrogens is 338 g/mol. The van der Waals surface area contributed by atoms with E-state index in [0.29, 0.717) is 19.5 Å². The number of rotatable bonds is 4. The van der Waals surface area contributed by atoms with Gasteiger partial charge in [0.1, 0.15) is 5.92 Å². The zero-order valence-corrected chi connectivity index (χ0v) is 15.6. The van der Waals surface area contributed by atoms with Gasteiger partial charge in [-0.3, -0.25) is 9.59 Å². The maximum Gasteiger partial charge on any atom is 0.239 e. The number of H-pyrrole nitrogens is 1. The highest BCUT2D eigenvalue weighted by atomic mass is 16.2. The molecule has 2 aromatic carbocycles. The number of aromatic nitrogens is 1. The minimum absolute atomic E-state index is 0.118. The number of hydrogen-bond donors (Lipinski definition) is 2. The molecule has 138 valence electrons. The molecule has 2 N–H and O–H groups in total. The van der Waals surface area contributed by atoms with E-state index >= 15 is 0 Å². The molecule has 27 heavy (non-hydrogen) atoms. The van der Waals surface area contributed by atoms with Gasteiger partial charge in [0.25, 0.3) is 0 Å². The third-order valence-electron chi connectivity index (χ3n) is 5.36. The second-order valence-electron chi connectivity index (χ2n) is 7.20. The average molecular weight is 361 g/mol. The first-order valence-electron chi connectivity index (χ1n) is 9.26. The molecule has 1 fully saturated rings. The van der Waals surface area contributed by atoms with Crippen LogP contribution in [0.4, 0.5) is 5.69 Å². The van der Waals surface area contributed by atoms with Crippen molar-refractivity contribution in [2.75, 3.05) is 11.4 Å². The molecule has 4 rings (SSSR count). The van der Waals surface area contributed by atoms with Crippen LogP contribution in [-0.4, -0.2) is 23.3 Å². The number of anilines is 1. The standard InChI is InChI=1S/C22H23N3O2/c1-14-7-8-18(11-15(14)2)25-10-9-19(22(25)27)21(26)23-13-17-12-16-5-3-4-6-20(16)24-17/h3-8,11-12,19,24H,9-10,13H2,1-2H3,(H,23,26)/t19-/m0/s1. The van der Waals surface area contributed by atoms with Crippen LogP contribution in [0.15, 0.2) is 48.5 Å². The number of carbonyl (C=O) groups excluding carboxylic acids is 2. The maximum atomic E-state index is 12.8. The van der Waals surface area contributed by atoms with Gasteiger partial charge < -0.3 is 15.2 Å². The molecule has 1 aliphatic heterocycles. The van der Waals surface area contributed by atoms with Crippen molar-refractivity contribution in [2.45, 2.75) is 26.8 Å². The summed E-state index contributed by atoms with van der Waals surface area (Å²) < 4.78 is 0. The molecule has 2 heterocycles. The van der Waals surface area contributed by atoms with Crippen molar-refractivity contribution in [1.82, 2.24) is 10.3 Å². The molecule has 1 aliphatic rings. The fourth-order valence-corrected chi connectivity index (χ4v) is 3.61. The van der Waals surface area contributed by atoms with Gasteiger partial charge in [0, 0.05) is 23.4 Å². The Bertz CT molecular complexity index is 988. The van der Waals surface area contributed by atoms with Crippen LogP contribution in [0.2, 0.25) is 0 Å². The van der Waals surface area contributed by atoms with Crippen molar-refractivity contribution >= 4 is 28.4 Å². The number of aryl methyl sites for hydroxylation is 2. The number of amides is 2. The Balaban J connectivity index is 1.41. The van der Waals surface area contributed by atoms with Crippen molar-refractivity contribution in [1.29, 1.82) is 0 Å². The van der Waals surface area contributed by atoms with Gasteiger partial charge in [0.2, 0.25) is 11.8 Å². The van der Waals surface area contributed by atoms with Gasteiger partial charge in [-0.1, -0.05) is 24.3 Å². The minimum atomic E-state index is -0.615. The number of aromatic amines is 1. The van der Waals surface area contributed by atoms with Gasteiger partial charge in [-0.2, -0.15) is 0 Å². The van der Waals surface area contributed by atoms with Gasteiger partial charge >= 0.3 is 0 Å². The fraction of sp³-hybridized carbons (Fsp3) is 0.273. The van der Waals surface area contributed by atoms with Crippen LogP contribution >= 0.6 is 0 Å². The number of nitrogens with zero attached hydrogens (tertiary/aromatic N) is 1. The summed E-state index contributed by atoms with van der Waals surface area (Å²) >= 11 is 0. The number of para-hydroxylation sites is 1. The van der Waals surface area contributed by atoms with Gasteiger partial charge in [0.05, 0.1) is 6.54 Å². The lowest BCUT2D eigenvalue weighted by Crippen LogP contribution is -2.36.